The predicted molar refractivity (Wildman–Crippen MR) is 85.8 cm³/mol. The van der Waals surface area contributed by atoms with E-state index in [2.05, 4.69) is 41.5 Å². The molecule has 1 N–H and O–H groups in total. The van der Waals surface area contributed by atoms with Crippen molar-refractivity contribution in [2.45, 2.75) is 19.9 Å². The molecule has 0 radical (unpaired) electrons. The van der Waals surface area contributed by atoms with E-state index in [4.69, 9.17) is 0 Å². The number of hydrogen-bond acceptors (Lipinski definition) is 2. The van der Waals surface area contributed by atoms with Gasteiger partial charge in [-0.05, 0) is 12.1 Å². The van der Waals surface area contributed by atoms with Crippen LogP contribution in [0.1, 0.15) is 31.0 Å². The van der Waals surface area contributed by atoms with Crippen LogP contribution in [0.25, 0.3) is 0 Å². The molecule has 3 nitrogen and oxygen atoms in total. The van der Waals surface area contributed by atoms with Gasteiger partial charge in [0, 0.05) is 35.5 Å². The number of hydrogen-bond donors (Lipinski definition) is 1. The molecule has 2 aromatic carbocycles. The van der Waals surface area contributed by atoms with Crippen molar-refractivity contribution in [1.82, 2.24) is 5.32 Å². The molecule has 0 aromatic heterocycles. The first-order valence-electron chi connectivity index (χ1n) is 7.31. The standard InChI is InChI=1S/C18H20N2O/c1-12(2)18(21)19-17-13-8-4-6-10-15(13)20(3)16-11-7-5-9-14(16)17/h4-12,17H,1-3H3,(H,19,21). The molecule has 3 rings (SSSR count). The molecule has 0 bridgehead atoms. The summed E-state index contributed by atoms with van der Waals surface area (Å²) < 4.78 is 0. The Kier molecular flexibility index (Phi) is 3.42. The minimum absolute atomic E-state index is 0.0241. The Balaban J connectivity index is 2.11. The van der Waals surface area contributed by atoms with E-state index in [1.165, 1.54) is 0 Å². The summed E-state index contributed by atoms with van der Waals surface area (Å²) in [4.78, 5) is 14.4. The Morgan fingerprint density at radius 2 is 1.48 bits per heavy atom. The molecule has 0 saturated carbocycles. The van der Waals surface area contributed by atoms with Gasteiger partial charge in [-0.1, -0.05) is 50.2 Å². The monoisotopic (exact) mass is 280 g/mol. The predicted octanol–water partition coefficient (Wildman–Crippen LogP) is 3.63. The molecule has 108 valence electrons. The molecule has 0 fully saturated rings. The SMILES string of the molecule is CC(C)C(=O)NC1c2ccccc2N(C)c2ccccc21. The number of nitrogens with one attached hydrogen (secondary N) is 1. The van der Waals surface area contributed by atoms with Crippen molar-refractivity contribution >= 4 is 17.3 Å². The normalized spacial score (nSPS) is 13.8. The van der Waals surface area contributed by atoms with Gasteiger partial charge in [0.25, 0.3) is 0 Å². The first kappa shape index (κ1) is 13.7. The highest BCUT2D eigenvalue weighted by atomic mass is 16.1. The molecule has 0 saturated heterocycles. The lowest BCUT2D eigenvalue weighted by atomic mass is 9.90. The van der Waals surface area contributed by atoms with Gasteiger partial charge < -0.3 is 10.2 Å². The number of rotatable bonds is 2. The van der Waals surface area contributed by atoms with Gasteiger partial charge in [0.2, 0.25) is 5.91 Å². The fraction of sp³-hybridized carbons (Fsp3) is 0.278. The van der Waals surface area contributed by atoms with E-state index in [0.717, 1.165) is 22.5 Å². The largest absolute Gasteiger partial charge is 0.345 e. The van der Waals surface area contributed by atoms with Gasteiger partial charge in [0.15, 0.2) is 0 Å². The molecule has 1 heterocycles. The molecule has 2 aromatic rings. The quantitative estimate of drug-likeness (QED) is 0.911. The van der Waals surface area contributed by atoms with Crippen molar-refractivity contribution in [2.24, 2.45) is 5.92 Å². The summed E-state index contributed by atoms with van der Waals surface area (Å²) in [5.41, 5.74) is 4.58. The molecule has 1 aliphatic heterocycles. The van der Waals surface area contributed by atoms with E-state index in [0.29, 0.717) is 0 Å². The third kappa shape index (κ3) is 2.29. The Morgan fingerprint density at radius 1 is 1.00 bits per heavy atom. The molecule has 1 aliphatic rings. The molecule has 21 heavy (non-hydrogen) atoms. The number of carbonyl (C=O) groups excluding carboxylic acids is 1. The van der Waals surface area contributed by atoms with Crippen LogP contribution in [-0.4, -0.2) is 13.0 Å². The van der Waals surface area contributed by atoms with Crippen LogP contribution in [0.15, 0.2) is 48.5 Å². The second kappa shape index (κ2) is 5.24. The van der Waals surface area contributed by atoms with E-state index < -0.39 is 0 Å². The lowest BCUT2D eigenvalue weighted by Crippen LogP contribution is -2.36. The van der Waals surface area contributed by atoms with Crippen molar-refractivity contribution in [3.8, 4) is 0 Å². The number of benzene rings is 2. The van der Waals surface area contributed by atoms with Crippen molar-refractivity contribution in [2.75, 3.05) is 11.9 Å². The van der Waals surface area contributed by atoms with E-state index in [9.17, 15) is 4.79 Å². The maximum absolute atomic E-state index is 12.2. The lowest BCUT2D eigenvalue weighted by molar-refractivity contribution is -0.124. The summed E-state index contributed by atoms with van der Waals surface area (Å²) in [5.74, 6) is 0.0538. The molecule has 0 spiro atoms. The van der Waals surface area contributed by atoms with E-state index in [1.807, 2.05) is 38.1 Å². The van der Waals surface area contributed by atoms with Gasteiger partial charge in [-0.25, -0.2) is 0 Å². The molecule has 1 amide bonds. The molecular weight excluding hydrogens is 260 g/mol. The molecule has 0 unspecified atom stereocenters. The van der Waals surface area contributed by atoms with Gasteiger partial charge in [-0.3, -0.25) is 4.79 Å². The second-order valence-corrected chi connectivity index (χ2v) is 5.77. The Bertz CT molecular complexity index is 631. The maximum atomic E-state index is 12.2. The van der Waals surface area contributed by atoms with E-state index >= 15 is 0 Å². The summed E-state index contributed by atoms with van der Waals surface area (Å²) >= 11 is 0. The average Bonchev–Trinajstić information content (AvgIpc) is 2.51. The summed E-state index contributed by atoms with van der Waals surface area (Å²) in [6, 6.07) is 16.4. The molecule has 0 atom stereocenters. The van der Waals surface area contributed by atoms with Crippen LogP contribution >= 0.6 is 0 Å². The summed E-state index contributed by atoms with van der Waals surface area (Å²) in [6.07, 6.45) is 0. The number of carbonyl (C=O) groups is 1. The van der Waals surface area contributed by atoms with Gasteiger partial charge in [0.05, 0.1) is 6.04 Å². The zero-order valence-electron chi connectivity index (χ0n) is 12.6. The van der Waals surface area contributed by atoms with Crippen LogP contribution in [0.4, 0.5) is 11.4 Å². The smallest absolute Gasteiger partial charge is 0.223 e. The Labute approximate surface area is 125 Å². The zero-order chi connectivity index (χ0) is 15.0. The van der Waals surface area contributed by atoms with Crippen LogP contribution in [0.5, 0.6) is 0 Å². The molecule has 3 heteroatoms. The number of anilines is 2. The number of fused-ring (bicyclic) bond motifs is 2. The third-order valence-electron chi connectivity index (χ3n) is 4.03. The fourth-order valence-electron chi connectivity index (χ4n) is 2.84. The van der Waals surface area contributed by atoms with Crippen LogP contribution in [0, 0.1) is 5.92 Å². The number of para-hydroxylation sites is 2. The summed E-state index contributed by atoms with van der Waals surface area (Å²) in [5, 5.41) is 3.19. The highest BCUT2D eigenvalue weighted by Crippen LogP contribution is 2.43. The topological polar surface area (TPSA) is 32.3 Å². The van der Waals surface area contributed by atoms with Crippen LogP contribution in [0.3, 0.4) is 0 Å². The highest BCUT2D eigenvalue weighted by molar-refractivity contribution is 5.82. The second-order valence-electron chi connectivity index (χ2n) is 5.77. The molecule has 0 aliphatic carbocycles. The minimum Gasteiger partial charge on any atom is -0.345 e. The first-order chi connectivity index (χ1) is 10.1. The fourth-order valence-corrected chi connectivity index (χ4v) is 2.84. The van der Waals surface area contributed by atoms with Gasteiger partial charge in [-0.15, -0.1) is 0 Å². The highest BCUT2D eigenvalue weighted by Gasteiger charge is 2.29. The maximum Gasteiger partial charge on any atom is 0.223 e. The molecular formula is C18H20N2O. The Morgan fingerprint density at radius 3 is 1.95 bits per heavy atom. The van der Waals surface area contributed by atoms with Gasteiger partial charge in [0.1, 0.15) is 0 Å². The van der Waals surface area contributed by atoms with Crippen LogP contribution in [0.2, 0.25) is 0 Å². The lowest BCUT2D eigenvalue weighted by Gasteiger charge is -2.36. The van der Waals surface area contributed by atoms with Crippen molar-refractivity contribution in [1.29, 1.82) is 0 Å². The summed E-state index contributed by atoms with van der Waals surface area (Å²) in [6.45, 7) is 3.84. The zero-order valence-corrected chi connectivity index (χ0v) is 12.6. The average molecular weight is 280 g/mol. The number of amides is 1. The van der Waals surface area contributed by atoms with Gasteiger partial charge >= 0.3 is 0 Å². The third-order valence-corrected chi connectivity index (χ3v) is 4.03. The van der Waals surface area contributed by atoms with Gasteiger partial charge in [-0.2, -0.15) is 0 Å². The first-order valence-corrected chi connectivity index (χ1v) is 7.31. The number of nitrogens with zero attached hydrogens (tertiary/aromatic N) is 1. The van der Waals surface area contributed by atoms with Crippen molar-refractivity contribution in [3.05, 3.63) is 59.7 Å². The Hall–Kier alpha value is -2.29. The van der Waals surface area contributed by atoms with Crippen molar-refractivity contribution in [3.63, 3.8) is 0 Å². The van der Waals surface area contributed by atoms with E-state index in [-0.39, 0.29) is 17.9 Å². The van der Waals surface area contributed by atoms with Crippen LogP contribution < -0.4 is 10.2 Å². The summed E-state index contributed by atoms with van der Waals surface area (Å²) in [7, 11) is 2.07. The van der Waals surface area contributed by atoms with Crippen LogP contribution in [-0.2, 0) is 4.79 Å². The minimum atomic E-state index is -0.0801. The van der Waals surface area contributed by atoms with E-state index in [1.54, 1.807) is 0 Å². The van der Waals surface area contributed by atoms with Crippen molar-refractivity contribution < 1.29 is 4.79 Å².